The van der Waals surface area contributed by atoms with E-state index in [9.17, 15) is 25.1 Å². The van der Waals surface area contributed by atoms with E-state index in [-0.39, 0.29) is 5.56 Å². The molecule has 0 heterocycles. The molecule has 0 fully saturated rings. The number of guanidine groups is 1. The molecule has 0 saturated heterocycles. The molecule has 0 aliphatic rings. The maximum absolute atomic E-state index is 10.8. The molecule has 0 bridgehead atoms. The highest BCUT2D eigenvalue weighted by Gasteiger charge is 2.18. The summed E-state index contributed by atoms with van der Waals surface area (Å²) in [6, 6.07) is 2.91. The van der Waals surface area contributed by atoms with Crippen LogP contribution in [-0.4, -0.2) is 32.3 Å². The number of nitrogens with two attached hydrogens (primary N) is 1. The van der Waals surface area contributed by atoms with Gasteiger partial charge in [0.1, 0.15) is 4.91 Å². The Morgan fingerprint density at radius 3 is 2.48 bits per heavy atom. The Morgan fingerprint density at radius 2 is 1.95 bits per heavy atom. The molecule has 0 aromatic heterocycles. The van der Waals surface area contributed by atoms with Crippen molar-refractivity contribution in [3.8, 4) is 0 Å². The predicted molar refractivity (Wildman–Crippen MR) is 67.5 cm³/mol. The molecule has 13 nitrogen and oxygen atoms in total. The van der Waals surface area contributed by atoms with Crippen molar-refractivity contribution in [2.75, 3.05) is 0 Å². The molecule has 0 unspecified atom stereocenters. The second kappa shape index (κ2) is 6.50. The lowest BCUT2D eigenvalue weighted by Gasteiger charge is -1.96. The Balaban J connectivity index is 3.05. The third-order valence-electron chi connectivity index (χ3n) is 1.99. The van der Waals surface area contributed by atoms with Crippen LogP contribution in [0.2, 0.25) is 0 Å². The number of hydrogen-bond donors (Lipinski definition) is 3. The zero-order valence-corrected chi connectivity index (χ0v) is 10.1. The predicted octanol–water partition coefficient (Wildman–Crippen LogP) is -0.176. The quantitative estimate of drug-likeness (QED) is 0.288. The topological polar surface area (TPSA) is 189 Å². The lowest BCUT2D eigenvalue weighted by atomic mass is 10.2. The molecule has 0 aliphatic carbocycles. The van der Waals surface area contributed by atoms with Gasteiger partial charge in [-0.2, -0.15) is 5.10 Å². The highest BCUT2D eigenvalue weighted by atomic mass is 16.7. The van der Waals surface area contributed by atoms with E-state index in [4.69, 9.17) is 10.9 Å². The van der Waals surface area contributed by atoms with Crippen molar-refractivity contribution in [2.45, 2.75) is 0 Å². The van der Waals surface area contributed by atoms with E-state index >= 15 is 0 Å². The Labute approximate surface area is 115 Å². The average molecular weight is 298 g/mol. The van der Waals surface area contributed by atoms with E-state index in [2.05, 4.69) is 10.2 Å². The van der Waals surface area contributed by atoms with Gasteiger partial charge in [-0.25, -0.2) is 5.21 Å². The molecular formula is C8H8N7O6+. The number of nitrogens with one attached hydrogen (secondary N) is 1. The van der Waals surface area contributed by atoms with Crippen molar-refractivity contribution in [1.82, 2.24) is 5.43 Å². The van der Waals surface area contributed by atoms with Crippen molar-refractivity contribution in [1.29, 1.82) is 0 Å². The molecule has 110 valence electrons. The molecule has 0 atom stereocenters. The molecular weight excluding hydrogens is 290 g/mol. The minimum Gasteiger partial charge on any atom is -0.364 e. The van der Waals surface area contributed by atoms with Gasteiger partial charge in [0.2, 0.25) is 0 Å². The Kier molecular flexibility index (Phi) is 4.78. The van der Waals surface area contributed by atoms with Gasteiger partial charge in [-0.3, -0.25) is 20.2 Å². The van der Waals surface area contributed by atoms with Crippen LogP contribution in [0.25, 0.3) is 0 Å². The first-order valence-corrected chi connectivity index (χ1v) is 5.03. The van der Waals surface area contributed by atoms with E-state index in [1.807, 2.05) is 0 Å². The van der Waals surface area contributed by atoms with Crippen LogP contribution in [0.15, 0.2) is 28.4 Å². The van der Waals surface area contributed by atoms with E-state index in [1.165, 1.54) is 0 Å². The van der Waals surface area contributed by atoms with Crippen LogP contribution >= 0.6 is 0 Å². The van der Waals surface area contributed by atoms with Gasteiger partial charge in [-0.15, -0.1) is 5.10 Å². The summed E-state index contributed by atoms with van der Waals surface area (Å²) >= 11 is 0. The number of nitro groups is 2. The molecule has 1 aromatic rings. The average Bonchev–Trinajstić information content (AvgIpc) is 2.37. The number of nitrogens with zero attached hydrogens (tertiary/aromatic N) is 5. The van der Waals surface area contributed by atoms with E-state index in [0.717, 1.165) is 24.4 Å². The first-order valence-electron chi connectivity index (χ1n) is 5.03. The summed E-state index contributed by atoms with van der Waals surface area (Å²) in [6.45, 7) is 0. The molecule has 4 N–H and O–H groups in total. The fourth-order valence-corrected chi connectivity index (χ4v) is 1.19. The van der Waals surface area contributed by atoms with Crippen LogP contribution in [0.5, 0.6) is 0 Å². The van der Waals surface area contributed by atoms with Crippen molar-refractivity contribution in [3.63, 3.8) is 0 Å². The number of non-ortho nitro benzene ring substituents is 1. The molecule has 13 heteroatoms. The third kappa shape index (κ3) is 4.51. The fourth-order valence-electron chi connectivity index (χ4n) is 1.19. The fraction of sp³-hybridized carbons (Fsp3) is 0. The first kappa shape index (κ1) is 15.4. The van der Waals surface area contributed by atoms with Crippen LogP contribution in [0, 0.1) is 25.1 Å². The van der Waals surface area contributed by atoms with Gasteiger partial charge in [-0.05, 0) is 11.5 Å². The first-order chi connectivity index (χ1) is 9.81. The molecule has 21 heavy (non-hydrogen) atoms. The van der Waals surface area contributed by atoms with E-state index in [1.54, 1.807) is 5.43 Å². The number of hydrazine groups is 1. The molecule has 0 saturated carbocycles. The normalized spacial score (nSPS) is 11.3. The SMILES string of the molecule is N/C(=N\N=C\c1ccc([N+](=O)[O-])cc1[N+](=O)[O-])N[N+](=O)O. The van der Waals surface area contributed by atoms with Crippen LogP contribution in [0.4, 0.5) is 11.4 Å². The van der Waals surface area contributed by atoms with Crippen molar-refractivity contribution >= 4 is 23.5 Å². The minimum absolute atomic E-state index is 0.0647. The monoisotopic (exact) mass is 298 g/mol. The Bertz CT molecular complexity index is 655. The summed E-state index contributed by atoms with van der Waals surface area (Å²) in [5.74, 6) is -0.576. The van der Waals surface area contributed by atoms with Crippen LogP contribution in [-0.2, 0) is 0 Å². The van der Waals surface area contributed by atoms with Gasteiger partial charge in [0.15, 0.2) is 0 Å². The molecule has 0 aliphatic heterocycles. The molecule has 1 rings (SSSR count). The summed E-state index contributed by atoms with van der Waals surface area (Å²) in [5, 5.41) is 35.4. The van der Waals surface area contributed by atoms with E-state index in [0.29, 0.717) is 0 Å². The number of benzene rings is 1. The highest BCUT2D eigenvalue weighted by molar-refractivity contribution is 5.86. The third-order valence-corrected chi connectivity index (χ3v) is 1.99. The zero-order chi connectivity index (χ0) is 16.0. The van der Waals surface area contributed by atoms with Gasteiger partial charge in [-0.1, -0.05) is 0 Å². The number of hydrogen-bond acceptors (Lipinski definition) is 7. The van der Waals surface area contributed by atoms with Gasteiger partial charge in [0, 0.05) is 6.07 Å². The minimum atomic E-state index is -0.827. The molecule has 0 spiro atoms. The lowest BCUT2D eigenvalue weighted by molar-refractivity contribution is -0.822. The largest absolute Gasteiger partial charge is 0.364 e. The number of rotatable bonds is 5. The second-order valence-corrected chi connectivity index (χ2v) is 3.37. The summed E-state index contributed by atoms with van der Waals surface area (Å²) in [6.07, 6.45) is 0.906. The number of nitro benzene ring substituents is 2. The molecule has 0 amide bonds. The van der Waals surface area contributed by atoms with Crippen molar-refractivity contribution < 1.29 is 20.1 Å². The maximum atomic E-state index is 10.8. The molecule has 0 radical (unpaired) electrons. The van der Waals surface area contributed by atoms with E-state index < -0.39 is 32.2 Å². The van der Waals surface area contributed by atoms with Gasteiger partial charge >= 0.3 is 5.03 Å². The van der Waals surface area contributed by atoms with Crippen LogP contribution in [0.1, 0.15) is 5.56 Å². The van der Waals surface area contributed by atoms with Gasteiger partial charge in [0.05, 0.1) is 27.7 Å². The summed E-state index contributed by atoms with van der Waals surface area (Å²) < 4.78 is 0. The second-order valence-electron chi connectivity index (χ2n) is 3.37. The summed E-state index contributed by atoms with van der Waals surface area (Å²) in [7, 11) is 0. The standard InChI is InChI=1S/C8H8N7O6/c9-8(12-15(20)21)11-10-4-5-1-2-6(13(16)17)3-7(5)14(18)19/h1-4H,(H,20,21)(H3,9,11,12)/q+1/b10-4+. The highest BCUT2D eigenvalue weighted by Crippen LogP contribution is 2.23. The lowest BCUT2D eigenvalue weighted by Crippen LogP contribution is -2.36. The van der Waals surface area contributed by atoms with Crippen LogP contribution in [0.3, 0.4) is 0 Å². The smallest absolute Gasteiger partial charge is 0.362 e. The summed E-state index contributed by atoms with van der Waals surface area (Å²) in [5.41, 5.74) is 5.64. The maximum Gasteiger partial charge on any atom is 0.362 e. The Morgan fingerprint density at radius 1 is 1.29 bits per heavy atom. The van der Waals surface area contributed by atoms with Crippen molar-refractivity contribution in [3.05, 3.63) is 48.9 Å². The van der Waals surface area contributed by atoms with Gasteiger partial charge < -0.3 is 5.73 Å². The Hall–Kier alpha value is -3.64. The van der Waals surface area contributed by atoms with Crippen molar-refractivity contribution in [2.24, 2.45) is 15.9 Å². The van der Waals surface area contributed by atoms with Crippen LogP contribution < -0.4 is 11.2 Å². The van der Waals surface area contributed by atoms with Gasteiger partial charge in [0.25, 0.3) is 17.3 Å². The summed E-state index contributed by atoms with van der Waals surface area (Å²) in [4.78, 5) is 29.9. The molecule has 1 aromatic carbocycles. The zero-order valence-electron chi connectivity index (χ0n) is 10.1.